The van der Waals surface area contributed by atoms with E-state index in [0.29, 0.717) is 6.04 Å². The topological polar surface area (TPSA) is 29.3 Å². The first-order valence-corrected chi connectivity index (χ1v) is 8.72. The van der Waals surface area contributed by atoms with Gasteiger partial charge in [0.2, 0.25) is 0 Å². The molecule has 2 fully saturated rings. The van der Waals surface area contributed by atoms with Crippen molar-refractivity contribution in [1.29, 1.82) is 0 Å². The number of nitrogens with two attached hydrogens (primary N) is 1. The highest BCUT2D eigenvalue weighted by atomic mass is 15.2. The summed E-state index contributed by atoms with van der Waals surface area (Å²) in [5, 5.41) is 0. The first-order chi connectivity index (χ1) is 9.26. The van der Waals surface area contributed by atoms with Gasteiger partial charge in [0.05, 0.1) is 0 Å². The van der Waals surface area contributed by atoms with E-state index in [0.717, 1.165) is 24.4 Å². The Labute approximate surface area is 120 Å². The molecule has 0 spiro atoms. The second-order valence-electron chi connectivity index (χ2n) is 6.95. The van der Waals surface area contributed by atoms with Crippen molar-refractivity contribution in [3.63, 3.8) is 0 Å². The Kier molecular flexibility index (Phi) is 6.15. The van der Waals surface area contributed by atoms with Crippen molar-refractivity contribution in [3.8, 4) is 0 Å². The van der Waals surface area contributed by atoms with Gasteiger partial charge in [-0.15, -0.1) is 0 Å². The molecule has 0 bridgehead atoms. The zero-order chi connectivity index (χ0) is 13.7. The largest absolute Gasteiger partial charge is 0.329 e. The van der Waals surface area contributed by atoms with Crippen LogP contribution in [0.15, 0.2) is 0 Å². The molecule has 2 aliphatic rings. The molecule has 2 nitrogen and oxygen atoms in total. The number of hydrogen-bond acceptors (Lipinski definition) is 2. The normalized spacial score (nSPS) is 31.6. The molecule has 0 radical (unpaired) electrons. The van der Waals surface area contributed by atoms with Gasteiger partial charge in [0.15, 0.2) is 0 Å². The van der Waals surface area contributed by atoms with E-state index in [1.807, 2.05) is 0 Å². The predicted octanol–water partition coefficient (Wildman–Crippen LogP) is 3.79. The van der Waals surface area contributed by atoms with Gasteiger partial charge in [-0.2, -0.15) is 0 Å². The molecule has 0 aromatic rings. The fourth-order valence-corrected chi connectivity index (χ4v) is 4.45. The van der Waals surface area contributed by atoms with Crippen LogP contribution in [0.5, 0.6) is 0 Å². The molecule has 0 amide bonds. The van der Waals surface area contributed by atoms with Gasteiger partial charge in [-0.25, -0.2) is 0 Å². The lowest BCUT2D eigenvalue weighted by Crippen LogP contribution is -2.51. The quantitative estimate of drug-likeness (QED) is 0.820. The number of likely N-dealkylation sites (N-methyl/N-ethyl adjacent to an activating group) is 1. The third-order valence-electron chi connectivity index (χ3n) is 5.68. The zero-order valence-corrected chi connectivity index (χ0v) is 13.1. The Morgan fingerprint density at radius 2 is 1.63 bits per heavy atom. The molecule has 2 heteroatoms. The monoisotopic (exact) mass is 266 g/mol. The third-order valence-corrected chi connectivity index (χ3v) is 5.68. The lowest BCUT2D eigenvalue weighted by atomic mass is 9.78. The van der Waals surface area contributed by atoms with Crippen LogP contribution in [-0.2, 0) is 0 Å². The minimum atomic E-state index is 0.653. The maximum absolute atomic E-state index is 6.18. The number of nitrogens with zero attached hydrogens (tertiary/aromatic N) is 1. The van der Waals surface area contributed by atoms with Gasteiger partial charge in [0.1, 0.15) is 0 Å². The molecular formula is C17H34N2. The second kappa shape index (κ2) is 7.64. The first kappa shape index (κ1) is 15.3. The van der Waals surface area contributed by atoms with Crippen molar-refractivity contribution in [3.05, 3.63) is 0 Å². The highest BCUT2D eigenvalue weighted by molar-refractivity contribution is 4.88. The smallest absolute Gasteiger partial charge is 0.0249 e. The van der Waals surface area contributed by atoms with Crippen LogP contribution in [0.2, 0.25) is 0 Å². The van der Waals surface area contributed by atoms with E-state index in [2.05, 4.69) is 18.7 Å². The van der Waals surface area contributed by atoms with Crippen molar-refractivity contribution in [2.24, 2.45) is 17.6 Å². The summed E-state index contributed by atoms with van der Waals surface area (Å²) in [7, 11) is 0. The van der Waals surface area contributed by atoms with Crippen molar-refractivity contribution in [2.75, 3.05) is 13.1 Å². The summed E-state index contributed by atoms with van der Waals surface area (Å²) in [6.07, 6.45) is 12.8. The third kappa shape index (κ3) is 3.95. The van der Waals surface area contributed by atoms with E-state index in [-0.39, 0.29) is 0 Å². The maximum atomic E-state index is 6.18. The zero-order valence-electron chi connectivity index (χ0n) is 13.1. The molecule has 0 saturated heterocycles. The second-order valence-corrected chi connectivity index (χ2v) is 6.95. The Morgan fingerprint density at radius 1 is 1.00 bits per heavy atom. The minimum absolute atomic E-state index is 0.653. The molecule has 0 aromatic heterocycles. The van der Waals surface area contributed by atoms with Gasteiger partial charge < -0.3 is 5.73 Å². The van der Waals surface area contributed by atoms with Crippen LogP contribution in [0.3, 0.4) is 0 Å². The molecule has 1 unspecified atom stereocenters. The van der Waals surface area contributed by atoms with Crippen LogP contribution in [-0.4, -0.2) is 30.1 Å². The molecule has 2 aliphatic carbocycles. The molecule has 2 N–H and O–H groups in total. The Morgan fingerprint density at radius 3 is 2.16 bits per heavy atom. The molecule has 2 saturated carbocycles. The Hall–Kier alpha value is -0.0800. The minimum Gasteiger partial charge on any atom is -0.329 e. The van der Waals surface area contributed by atoms with Gasteiger partial charge in [0, 0.05) is 18.6 Å². The van der Waals surface area contributed by atoms with Crippen molar-refractivity contribution >= 4 is 0 Å². The molecule has 112 valence electrons. The van der Waals surface area contributed by atoms with Crippen LogP contribution >= 0.6 is 0 Å². The molecule has 19 heavy (non-hydrogen) atoms. The van der Waals surface area contributed by atoms with E-state index in [1.54, 1.807) is 0 Å². The molecule has 0 aromatic carbocycles. The van der Waals surface area contributed by atoms with Crippen molar-refractivity contribution in [2.45, 2.75) is 83.7 Å². The van der Waals surface area contributed by atoms with Gasteiger partial charge in [-0.3, -0.25) is 4.90 Å². The number of hydrogen-bond donors (Lipinski definition) is 1. The summed E-state index contributed by atoms with van der Waals surface area (Å²) in [6.45, 7) is 6.80. The molecule has 2 rings (SSSR count). The summed E-state index contributed by atoms with van der Waals surface area (Å²) in [4.78, 5) is 2.78. The molecule has 0 heterocycles. The molecular weight excluding hydrogens is 232 g/mol. The standard InChI is InChI=1S/C17H34N2/c1-3-19(16-7-5-4-6-8-16)17(13-18)15-11-9-14(2)10-12-15/h14-17H,3-13,18H2,1-2H3. The summed E-state index contributed by atoms with van der Waals surface area (Å²) in [6, 6.07) is 1.48. The lowest BCUT2D eigenvalue weighted by molar-refractivity contribution is 0.0602. The highest BCUT2D eigenvalue weighted by Crippen LogP contribution is 2.34. The van der Waals surface area contributed by atoms with E-state index in [9.17, 15) is 0 Å². The summed E-state index contributed by atoms with van der Waals surface area (Å²) < 4.78 is 0. The fraction of sp³-hybridized carbons (Fsp3) is 1.00. The summed E-state index contributed by atoms with van der Waals surface area (Å²) >= 11 is 0. The van der Waals surface area contributed by atoms with Crippen LogP contribution in [0, 0.1) is 11.8 Å². The van der Waals surface area contributed by atoms with Crippen molar-refractivity contribution < 1.29 is 0 Å². The summed E-state index contributed by atoms with van der Waals surface area (Å²) in [5.41, 5.74) is 6.18. The maximum Gasteiger partial charge on any atom is 0.0249 e. The van der Waals surface area contributed by atoms with Crippen LogP contribution in [0.1, 0.15) is 71.6 Å². The molecule has 0 aliphatic heterocycles. The van der Waals surface area contributed by atoms with E-state index in [1.165, 1.54) is 64.3 Å². The van der Waals surface area contributed by atoms with Crippen LogP contribution in [0.4, 0.5) is 0 Å². The first-order valence-electron chi connectivity index (χ1n) is 8.72. The van der Waals surface area contributed by atoms with Gasteiger partial charge in [-0.05, 0) is 44.1 Å². The highest BCUT2D eigenvalue weighted by Gasteiger charge is 2.32. The average molecular weight is 266 g/mol. The summed E-state index contributed by atoms with van der Waals surface area (Å²) in [5.74, 6) is 1.81. The van der Waals surface area contributed by atoms with Gasteiger partial charge >= 0.3 is 0 Å². The van der Waals surface area contributed by atoms with Crippen LogP contribution in [0.25, 0.3) is 0 Å². The SMILES string of the molecule is CCN(C1CCCCC1)C(CN)C1CCC(C)CC1. The predicted molar refractivity (Wildman–Crippen MR) is 83.2 cm³/mol. The average Bonchev–Trinajstić information content (AvgIpc) is 2.47. The van der Waals surface area contributed by atoms with Gasteiger partial charge in [0.25, 0.3) is 0 Å². The number of rotatable bonds is 5. The Bertz CT molecular complexity index is 240. The molecule has 1 atom stereocenters. The van der Waals surface area contributed by atoms with E-state index >= 15 is 0 Å². The Balaban J connectivity index is 1.96. The van der Waals surface area contributed by atoms with Gasteiger partial charge in [-0.1, -0.05) is 46.0 Å². The van der Waals surface area contributed by atoms with Crippen molar-refractivity contribution in [1.82, 2.24) is 4.90 Å². The fourth-order valence-electron chi connectivity index (χ4n) is 4.45. The lowest BCUT2D eigenvalue weighted by Gasteiger charge is -2.44. The van der Waals surface area contributed by atoms with Crippen LogP contribution < -0.4 is 5.73 Å². The van der Waals surface area contributed by atoms with E-state index < -0.39 is 0 Å². The van der Waals surface area contributed by atoms with E-state index in [4.69, 9.17) is 5.73 Å².